The van der Waals surface area contributed by atoms with Gasteiger partial charge in [0.2, 0.25) is 11.8 Å². The van der Waals surface area contributed by atoms with E-state index in [1.807, 2.05) is 30.3 Å². The van der Waals surface area contributed by atoms with Crippen LogP contribution in [0.3, 0.4) is 0 Å². The minimum atomic E-state index is -0.0531. The van der Waals surface area contributed by atoms with E-state index in [9.17, 15) is 9.59 Å². The van der Waals surface area contributed by atoms with Gasteiger partial charge in [-0.1, -0.05) is 42.5 Å². The van der Waals surface area contributed by atoms with Crippen molar-refractivity contribution in [1.29, 1.82) is 0 Å². The van der Waals surface area contributed by atoms with Crippen molar-refractivity contribution in [3.63, 3.8) is 0 Å². The number of rotatable bonds is 7. The van der Waals surface area contributed by atoms with Gasteiger partial charge in [0.15, 0.2) is 0 Å². The Balaban J connectivity index is 1.18. The number of anilines is 1. The third-order valence-electron chi connectivity index (χ3n) is 6.26. The highest BCUT2D eigenvalue weighted by molar-refractivity contribution is 5.96. The fourth-order valence-corrected chi connectivity index (χ4v) is 4.36. The Morgan fingerprint density at radius 3 is 2.67 bits per heavy atom. The van der Waals surface area contributed by atoms with Gasteiger partial charge in [0.25, 0.3) is 0 Å². The summed E-state index contributed by atoms with van der Waals surface area (Å²) < 4.78 is 0. The average molecular weight is 402 g/mol. The molecule has 154 valence electrons. The van der Waals surface area contributed by atoms with E-state index in [0.717, 1.165) is 40.6 Å². The van der Waals surface area contributed by atoms with Crippen LogP contribution in [0.4, 0.5) is 5.69 Å². The Labute approximate surface area is 175 Å². The van der Waals surface area contributed by atoms with Gasteiger partial charge < -0.3 is 10.6 Å². The summed E-state index contributed by atoms with van der Waals surface area (Å²) in [4.78, 5) is 24.7. The zero-order valence-corrected chi connectivity index (χ0v) is 16.9. The van der Waals surface area contributed by atoms with Crippen molar-refractivity contribution < 1.29 is 9.59 Å². The Bertz CT molecular complexity index is 1070. The summed E-state index contributed by atoms with van der Waals surface area (Å²) in [5, 5.41) is 15.6. The molecule has 0 unspecified atom stereocenters. The Kier molecular flexibility index (Phi) is 4.99. The van der Waals surface area contributed by atoms with Gasteiger partial charge in [0.1, 0.15) is 0 Å². The zero-order chi connectivity index (χ0) is 20.5. The van der Waals surface area contributed by atoms with Crippen LogP contribution in [0.2, 0.25) is 0 Å². The van der Waals surface area contributed by atoms with E-state index in [2.05, 4.69) is 33.0 Å². The van der Waals surface area contributed by atoms with Crippen LogP contribution >= 0.6 is 0 Å². The molecule has 2 aromatic carbocycles. The summed E-state index contributed by atoms with van der Waals surface area (Å²) in [5.41, 5.74) is 2.71. The first-order valence-electron chi connectivity index (χ1n) is 10.7. The van der Waals surface area contributed by atoms with E-state index in [1.165, 1.54) is 12.8 Å². The number of aromatic amines is 1. The highest BCUT2D eigenvalue weighted by Crippen LogP contribution is 2.39. The molecule has 2 amide bonds. The van der Waals surface area contributed by atoms with E-state index < -0.39 is 0 Å². The molecule has 5 rings (SSSR count). The number of benzene rings is 2. The summed E-state index contributed by atoms with van der Waals surface area (Å²) >= 11 is 0. The summed E-state index contributed by atoms with van der Waals surface area (Å²) in [7, 11) is 0. The number of hydrogen-bond donors (Lipinski definition) is 3. The lowest BCUT2D eigenvalue weighted by Gasteiger charge is -2.35. The molecule has 30 heavy (non-hydrogen) atoms. The van der Waals surface area contributed by atoms with Gasteiger partial charge in [-0.2, -0.15) is 5.10 Å². The predicted octanol–water partition coefficient (Wildman–Crippen LogP) is 3.91. The first kappa shape index (κ1) is 18.9. The highest BCUT2D eigenvalue weighted by Gasteiger charge is 2.35. The van der Waals surface area contributed by atoms with E-state index in [1.54, 1.807) is 6.20 Å². The second-order valence-corrected chi connectivity index (χ2v) is 8.64. The van der Waals surface area contributed by atoms with Crippen molar-refractivity contribution in [2.75, 3.05) is 5.32 Å². The molecule has 2 aliphatic rings. The fourth-order valence-electron chi connectivity index (χ4n) is 4.36. The molecule has 1 aromatic heterocycles. The molecule has 0 aliphatic heterocycles. The highest BCUT2D eigenvalue weighted by atomic mass is 16.2. The second kappa shape index (κ2) is 7.94. The van der Waals surface area contributed by atoms with Crippen molar-refractivity contribution in [1.82, 2.24) is 15.5 Å². The molecule has 0 atom stereocenters. The molecular formula is C24H26N4O2. The number of hydrogen-bond acceptors (Lipinski definition) is 3. The number of amides is 2. The standard InChI is InChI=1S/C24H26N4O2/c29-22(10-15-8-9-15)26-19-11-18(12-19)24-21(14-25-28-24)27-23(30)13-17-6-3-5-16-4-1-2-7-20(16)17/h1-7,14-15,18-19H,8-13H2,(H,25,28)(H,26,29)(H,27,30). The SMILES string of the molecule is O=C(Cc1cccc2ccccc12)Nc1cn[nH]c1C1CC(NC(=O)CC2CC2)C1. The molecule has 6 nitrogen and oxygen atoms in total. The van der Waals surface area contributed by atoms with Crippen LogP contribution in [0, 0.1) is 5.92 Å². The Morgan fingerprint density at radius 2 is 1.83 bits per heavy atom. The molecule has 0 saturated heterocycles. The lowest BCUT2D eigenvalue weighted by molar-refractivity contribution is -0.122. The Hall–Kier alpha value is -3.15. The lowest BCUT2D eigenvalue weighted by atomic mass is 9.77. The van der Waals surface area contributed by atoms with E-state index >= 15 is 0 Å². The number of nitrogens with one attached hydrogen (secondary N) is 3. The summed E-state index contributed by atoms with van der Waals surface area (Å²) in [5.74, 6) is 1.01. The van der Waals surface area contributed by atoms with E-state index in [0.29, 0.717) is 18.8 Å². The zero-order valence-electron chi connectivity index (χ0n) is 16.9. The molecule has 2 aliphatic carbocycles. The van der Waals surface area contributed by atoms with Crippen LogP contribution in [0.25, 0.3) is 10.8 Å². The van der Waals surface area contributed by atoms with Gasteiger partial charge in [0, 0.05) is 18.4 Å². The van der Waals surface area contributed by atoms with Crippen LogP contribution < -0.4 is 10.6 Å². The van der Waals surface area contributed by atoms with Gasteiger partial charge in [-0.25, -0.2) is 0 Å². The maximum absolute atomic E-state index is 12.7. The molecule has 6 heteroatoms. The maximum Gasteiger partial charge on any atom is 0.228 e. The molecule has 2 fully saturated rings. The number of carbonyl (C=O) groups is 2. The maximum atomic E-state index is 12.7. The quantitative estimate of drug-likeness (QED) is 0.560. The topological polar surface area (TPSA) is 86.9 Å². The number of aromatic nitrogens is 2. The monoisotopic (exact) mass is 402 g/mol. The average Bonchev–Trinajstić information content (AvgIpc) is 3.41. The number of nitrogens with zero attached hydrogens (tertiary/aromatic N) is 1. The molecule has 0 bridgehead atoms. The summed E-state index contributed by atoms with van der Waals surface area (Å²) in [6, 6.07) is 14.4. The van der Waals surface area contributed by atoms with Crippen LogP contribution in [0.1, 0.15) is 49.3 Å². The number of fused-ring (bicyclic) bond motifs is 1. The van der Waals surface area contributed by atoms with E-state index in [4.69, 9.17) is 0 Å². The second-order valence-electron chi connectivity index (χ2n) is 8.64. The first-order chi connectivity index (χ1) is 14.7. The van der Waals surface area contributed by atoms with Crippen molar-refractivity contribution >= 4 is 28.3 Å². The van der Waals surface area contributed by atoms with Crippen molar-refractivity contribution in [2.24, 2.45) is 5.92 Å². The van der Waals surface area contributed by atoms with Crippen LogP contribution in [0.15, 0.2) is 48.7 Å². The lowest BCUT2D eigenvalue weighted by Crippen LogP contribution is -2.43. The number of carbonyl (C=O) groups excluding carboxylic acids is 2. The van der Waals surface area contributed by atoms with Crippen molar-refractivity contribution in [2.45, 2.75) is 50.5 Å². The van der Waals surface area contributed by atoms with Gasteiger partial charge in [-0.15, -0.1) is 0 Å². The first-order valence-corrected chi connectivity index (χ1v) is 10.7. The third kappa shape index (κ3) is 4.08. The summed E-state index contributed by atoms with van der Waals surface area (Å²) in [6.07, 6.45) is 6.80. The normalized spacial score (nSPS) is 20.5. The van der Waals surface area contributed by atoms with Gasteiger partial charge >= 0.3 is 0 Å². The van der Waals surface area contributed by atoms with Crippen LogP contribution in [0.5, 0.6) is 0 Å². The van der Waals surface area contributed by atoms with Crippen molar-refractivity contribution in [3.8, 4) is 0 Å². The molecule has 3 aromatic rings. The molecule has 1 heterocycles. The van der Waals surface area contributed by atoms with Crippen molar-refractivity contribution in [3.05, 3.63) is 59.9 Å². The van der Waals surface area contributed by atoms with Gasteiger partial charge in [0.05, 0.1) is 24.0 Å². The predicted molar refractivity (Wildman–Crippen MR) is 116 cm³/mol. The molecule has 3 N–H and O–H groups in total. The molecule has 2 saturated carbocycles. The third-order valence-corrected chi connectivity index (χ3v) is 6.26. The van der Waals surface area contributed by atoms with Gasteiger partial charge in [-0.05, 0) is 47.9 Å². The minimum Gasteiger partial charge on any atom is -0.353 e. The fraction of sp³-hybridized carbons (Fsp3) is 0.375. The van der Waals surface area contributed by atoms with Crippen LogP contribution in [-0.4, -0.2) is 28.1 Å². The van der Waals surface area contributed by atoms with Crippen LogP contribution in [-0.2, 0) is 16.0 Å². The number of H-pyrrole nitrogens is 1. The van der Waals surface area contributed by atoms with Gasteiger partial charge in [-0.3, -0.25) is 14.7 Å². The largest absolute Gasteiger partial charge is 0.353 e. The smallest absolute Gasteiger partial charge is 0.228 e. The Morgan fingerprint density at radius 1 is 1.03 bits per heavy atom. The van der Waals surface area contributed by atoms with E-state index in [-0.39, 0.29) is 23.8 Å². The molecular weight excluding hydrogens is 376 g/mol. The molecule has 0 radical (unpaired) electrons. The molecule has 0 spiro atoms. The minimum absolute atomic E-state index is 0.0531. The summed E-state index contributed by atoms with van der Waals surface area (Å²) in [6.45, 7) is 0.